The Morgan fingerprint density at radius 3 is 3.12 bits per heavy atom. The van der Waals surface area contributed by atoms with Crippen LogP contribution in [0.2, 0.25) is 0 Å². The molecule has 128 valence electrons. The van der Waals surface area contributed by atoms with Gasteiger partial charge in [-0.05, 0) is 25.8 Å². The van der Waals surface area contributed by atoms with E-state index in [-0.39, 0.29) is 12.6 Å². The SMILES string of the molecule is CCOc1ncccc1CNc1cc(N2CCC[C@H]2CO)ncn1. The Labute approximate surface area is 141 Å². The standard InChI is InChI=1S/C17H23N5O2/c1-2-24-17-13(5-3-7-18-17)10-19-15-9-16(21-12-20-15)22-8-4-6-14(22)11-23/h3,5,7,9,12,14,23H,2,4,6,8,10-11H2,1H3,(H,19,20,21)/t14-/m0/s1. The first-order chi connectivity index (χ1) is 11.8. The molecule has 3 heterocycles. The van der Waals surface area contributed by atoms with E-state index in [2.05, 4.69) is 25.2 Å². The zero-order valence-corrected chi connectivity index (χ0v) is 13.9. The zero-order chi connectivity index (χ0) is 16.8. The fourth-order valence-electron chi connectivity index (χ4n) is 2.94. The number of hydrogen-bond acceptors (Lipinski definition) is 7. The van der Waals surface area contributed by atoms with Crippen LogP contribution in [-0.4, -0.2) is 45.9 Å². The largest absolute Gasteiger partial charge is 0.478 e. The minimum atomic E-state index is 0.149. The molecule has 0 radical (unpaired) electrons. The second-order valence-electron chi connectivity index (χ2n) is 5.69. The van der Waals surface area contributed by atoms with Crippen molar-refractivity contribution in [2.45, 2.75) is 32.4 Å². The molecule has 1 atom stereocenters. The molecule has 1 saturated heterocycles. The Morgan fingerprint density at radius 2 is 2.29 bits per heavy atom. The van der Waals surface area contributed by atoms with Crippen LogP contribution in [0.5, 0.6) is 5.88 Å². The molecule has 0 aliphatic carbocycles. The Balaban J connectivity index is 1.69. The molecule has 3 rings (SSSR count). The molecule has 0 aromatic carbocycles. The highest BCUT2D eigenvalue weighted by Gasteiger charge is 2.25. The van der Waals surface area contributed by atoms with Gasteiger partial charge in [-0.3, -0.25) is 0 Å². The van der Waals surface area contributed by atoms with Crippen LogP contribution in [0.15, 0.2) is 30.7 Å². The number of nitrogens with one attached hydrogen (secondary N) is 1. The van der Waals surface area contributed by atoms with Gasteiger partial charge in [0.1, 0.15) is 18.0 Å². The lowest BCUT2D eigenvalue weighted by molar-refractivity contribution is 0.266. The van der Waals surface area contributed by atoms with E-state index in [1.807, 2.05) is 25.1 Å². The van der Waals surface area contributed by atoms with Crippen molar-refractivity contribution in [1.82, 2.24) is 15.0 Å². The van der Waals surface area contributed by atoms with Crippen LogP contribution in [0.4, 0.5) is 11.6 Å². The Hall–Kier alpha value is -2.41. The van der Waals surface area contributed by atoms with Crippen LogP contribution in [0.1, 0.15) is 25.3 Å². The smallest absolute Gasteiger partial charge is 0.218 e. The number of ether oxygens (including phenoxy) is 1. The monoisotopic (exact) mass is 329 g/mol. The first-order valence-corrected chi connectivity index (χ1v) is 8.32. The minimum absolute atomic E-state index is 0.149. The summed E-state index contributed by atoms with van der Waals surface area (Å²) in [5.41, 5.74) is 0.980. The first kappa shape index (κ1) is 16.4. The lowest BCUT2D eigenvalue weighted by Crippen LogP contribution is -2.32. The predicted molar refractivity (Wildman–Crippen MR) is 92.2 cm³/mol. The van der Waals surface area contributed by atoms with Gasteiger partial charge in [0, 0.05) is 30.9 Å². The van der Waals surface area contributed by atoms with Crippen molar-refractivity contribution in [2.75, 3.05) is 30.0 Å². The Morgan fingerprint density at radius 1 is 1.38 bits per heavy atom. The fraction of sp³-hybridized carbons (Fsp3) is 0.471. The number of nitrogens with zero attached hydrogens (tertiary/aromatic N) is 4. The summed E-state index contributed by atoms with van der Waals surface area (Å²) >= 11 is 0. The predicted octanol–water partition coefficient (Wildman–Crippen LogP) is 1.84. The first-order valence-electron chi connectivity index (χ1n) is 8.32. The summed E-state index contributed by atoms with van der Waals surface area (Å²) in [7, 11) is 0. The number of rotatable bonds is 7. The van der Waals surface area contributed by atoms with E-state index in [9.17, 15) is 5.11 Å². The van der Waals surface area contributed by atoms with Gasteiger partial charge in [-0.1, -0.05) is 6.07 Å². The van der Waals surface area contributed by atoms with Crippen LogP contribution in [0.25, 0.3) is 0 Å². The van der Waals surface area contributed by atoms with Gasteiger partial charge in [0.25, 0.3) is 0 Å². The molecule has 1 aliphatic heterocycles. The fourth-order valence-corrected chi connectivity index (χ4v) is 2.94. The number of anilines is 2. The quantitative estimate of drug-likeness (QED) is 0.802. The highest BCUT2D eigenvalue weighted by atomic mass is 16.5. The molecule has 7 nitrogen and oxygen atoms in total. The molecule has 1 fully saturated rings. The van der Waals surface area contributed by atoms with Crippen LogP contribution in [0.3, 0.4) is 0 Å². The minimum Gasteiger partial charge on any atom is -0.478 e. The average Bonchev–Trinajstić information content (AvgIpc) is 3.10. The van der Waals surface area contributed by atoms with Gasteiger partial charge in [0.15, 0.2) is 0 Å². The molecule has 0 bridgehead atoms. The molecule has 7 heteroatoms. The van der Waals surface area contributed by atoms with E-state index in [4.69, 9.17) is 4.74 Å². The lowest BCUT2D eigenvalue weighted by Gasteiger charge is -2.24. The third-order valence-corrected chi connectivity index (χ3v) is 4.13. The van der Waals surface area contributed by atoms with Gasteiger partial charge < -0.3 is 20.1 Å². The van der Waals surface area contributed by atoms with Gasteiger partial charge in [-0.2, -0.15) is 0 Å². The maximum atomic E-state index is 9.48. The lowest BCUT2D eigenvalue weighted by atomic mass is 10.2. The molecule has 24 heavy (non-hydrogen) atoms. The van der Waals surface area contributed by atoms with E-state index in [1.54, 1.807) is 12.5 Å². The molecule has 2 aromatic rings. The van der Waals surface area contributed by atoms with Crippen LogP contribution in [0, 0.1) is 0 Å². The topological polar surface area (TPSA) is 83.4 Å². The third kappa shape index (κ3) is 3.73. The van der Waals surface area contributed by atoms with E-state index in [0.29, 0.717) is 19.0 Å². The maximum absolute atomic E-state index is 9.48. The van der Waals surface area contributed by atoms with Gasteiger partial charge in [-0.25, -0.2) is 15.0 Å². The van der Waals surface area contributed by atoms with Crippen molar-refractivity contribution < 1.29 is 9.84 Å². The zero-order valence-electron chi connectivity index (χ0n) is 13.9. The number of hydrogen-bond donors (Lipinski definition) is 2. The Kier molecular flexibility index (Phi) is 5.43. The number of aromatic nitrogens is 3. The van der Waals surface area contributed by atoms with Crippen molar-refractivity contribution in [2.24, 2.45) is 0 Å². The number of pyridine rings is 1. The summed E-state index contributed by atoms with van der Waals surface area (Å²) in [6, 6.07) is 5.94. The van der Waals surface area contributed by atoms with Crippen molar-refractivity contribution in [3.8, 4) is 5.88 Å². The third-order valence-electron chi connectivity index (χ3n) is 4.13. The van der Waals surface area contributed by atoms with Crippen LogP contribution >= 0.6 is 0 Å². The van der Waals surface area contributed by atoms with Crippen molar-refractivity contribution >= 4 is 11.6 Å². The van der Waals surface area contributed by atoms with E-state index in [0.717, 1.165) is 36.6 Å². The van der Waals surface area contributed by atoms with Crippen LogP contribution < -0.4 is 15.0 Å². The van der Waals surface area contributed by atoms with E-state index in [1.165, 1.54) is 0 Å². The van der Waals surface area contributed by atoms with Gasteiger partial charge in [-0.15, -0.1) is 0 Å². The summed E-state index contributed by atoms with van der Waals surface area (Å²) in [4.78, 5) is 15.0. The highest BCUT2D eigenvalue weighted by molar-refractivity contribution is 5.50. The van der Waals surface area contributed by atoms with Gasteiger partial charge >= 0.3 is 0 Å². The summed E-state index contributed by atoms with van der Waals surface area (Å²) in [6.45, 7) is 4.16. The molecule has 1 aliphatic rings. The Bertz CT molecular complexity index is 667. The molecule has 0 spiro atoms. The molecule has 0 unspecified atom stereocenters. The molecule has 2 aromatic heterocycles. The molecule has 0 saturated carbocycles. The van der Waals surface area contributed by atoms with Crippen molar-refractivity contribution in [3.63, 3.8) is 0 Å². The number of aliphatic hydroxyl groups excluding tert-OH is 1. The summed E-state index contributed by atoms with van der Waals surface area (Å²) in [5.74, 6) is 2.23. The number of aliphatic hydroxyl groups is 1. The molecule has 2 N–H and O–H groups in total. The normalized spacial score (nSPS) is 17.1. The summed E-state index contributed by atoms with van der Waals surface area (Å²) in [5, 5.41) is 12.8. The molecular formula is C17H23N5O2. The second-order valence-corrected chi connectivity index (χ2v) is 5.69. The van der Waals surface area contributed by atoms with Crippen molar-refractivity contribution in [1.29, 1.82) is 0 Å². The maximum Gasteiger partial charge on any atom is 0.218 e. The highest BCUT2D eigenvalue weighted by Crippen LogP contribution is 2.25. The molecular weight excluding hydrogens is 306 g/mol. The van der Waals surface area contributed by atoms with Gasteiger partial charge in [0.05, 0.1) is 19.3 Å². The summed E-state index contributed by atoms with van der Waals surface area (Å²) in [6.07, 6.45) is 5.35. The van der Waals surface area contributed by atoms with E-state index >= 15 is 0 Å². The second kappa shape index (κ2) is 7.92. The average molecular weight is 329 g/mol. The van der Waals surface area contributed by atoms with Gasteiger partial charge in [0.2, 0.25) is 5.88 Å². The molecule has 0 amide bonds. The van der Waals surface area contributed by atoms with Crippen LogP contribution in [-0.2, 0) is 6.54 Å². The van der Waals surface area contributed by atoms with Crippen molar-refractivity contribution in [3.05, 3.63) is 36.3 Å². The summed E-state index contributed by atoms with van der Waals surface area (Å²) < 4.78 is 5.54. The van der Waals surface area contributed by atoms with E-state index < -0.39 is 0 Å².